The number of sulfonamides is 1. The minimum absolute atomic E-state index is 0.0675. The van der Waals surface area contributed by atoms with Crippen LogP contribution in [0.1, 0.15) is 33.6 Å². The molecule has 0 aliphatic carbocycles. The zero-order valence-corrected chi connectivity index (χ0v) is 18.3. The van der Waals surface area contributed by atoms with E-state index in [4.69, 9.17) is 4.74 Å². The van der Waals surface area contributed by atoms with Gasteiger partial charge in [0.1, 0.15) is 0 Å². The highest BCUT2D eigenvalue weighted by Crippen LogP contribution is 2.18. The number of amides is 1. The number of hydrogen-bond acceptors (Lipinski definition) is 5. The highest BCUT2D eigenvalue weighted by atomic mass is 32.2. The van der Waals surface area contributed by atoms with Gasteiger partial charge in [-0.1, -0.05) is 13.8 Å². The number of nitrogens with one attached hydrogen (secondary N) is 2. The number of quaternary nitrogens is 1. The summed E-state index contributed by atoms with van der Waals surface area (Å²) in [6, 6.07) is 6.25. The van der Waals surface area contributed by atoms with Crippen molar-refractivity contribution in [2.75, 3.05) is 44.6 Å². The topological polar surface area (TPSA) is 97.2 Å². The molecule has 0 unspecified atom stereocenters. The summed E-state index contributed by atoms with van der Waals surface area (Å²) in [5.74, 6) is -0.341. The van der Waals surface area contributed by atoms with E-state index < -0.39 is 10.0 Å². The lowest BCUT2D eigenvalue weighted by atomic mass is 9.97. The molecule has 0 saturated carbocycles. The molecule has 162 valence electrons. The van der Waals surface area contributed by atoms with Gasteiger partial charge in [-0.2, -0.15) is 4.31 Å². The van der Waals surface area contributed by atoms with Crippen LogP contribution in [0.2, 0.25) is 0 Å². The predicted molar refractivity (Wildman–Crippen MR) is 110 cm³/mol. The summed E-state index contributed by atoms with van der Waals surface area (Å²) in [7, 11) is -3.51. The molecule has 1 aromatic rings. The van der Waals surface area contributed by atoms with Crippen LogP contribution in [0.25, 0.3) is 0 Å². The fourth-order valence-electron chi connectivity index (χ4n) is 3.55. The van der Waals surface area contributed by atoms with E-state index in [2.05, 4.69) is 5.32 Å². The highest BCUT2D eigenvalue weighted by Gasteiger charge is 2.29. The van der Waals surface area contributed by atoms with Gasteiger partial charge in [-0.15, -0.1) is 0 Å². The molecule has 1 aliphatic rings. The SMILES string of the molecule is CCOC(=O)C1CC[NH+](CC(=O)Nc2ccc(S(=O)(=O)N(CC)CC)cc2)CC1. The van der Waals surface area contributed by atoms with E-state index in [1.807, 2.05) is 0 Å². The molecule has 1 saturated heterocycles. The van der Waals surface area contributed by atoms with Crippen LogP contribution in [-0.4, -0.2) is 63.9 Å². The number of esters is 1. The quantitative estimate of drug-likeness (QED) is 0.561. The zero-order chi connectivity index (χ0) is 21.4. The van der Waals surface area contributed by atoms with Gasteiger partial charge in [-0.25, -0.2) is 8.42 Å². The maximum absolute atomic E-state index is 12.5. The van der Waals surface area contributed by atoms with Crippen LogP contribution < -0.4 is 10.2 Å². The predicted octanol–water partition coefficient (Wildman–Crippen LogP) is 0.514. The van der Waals surface area contributed by atoms with Crippen molar-refractivity contribution >= 4 is 27.6 Å². The van der Waals surface area contributed by atoms with Crippen LogP contribution in [0, 0.1) is 5.92 Å². The lowest BCUT2D eigenvalue weighted by molar-refractivity contribution is -0.897. The first-order chi connectivity index (χ1) is 13.8. The van der Waals surface area contributed by atoms with Gasteiger partial charge >= 0.3 is 5.97 Å². The number of carbonyl (C=O) groups is 2. The largest absolute Gasteiger partial charge is 0.466 e. The van der Waals surface area contributed by atoms with Gasteiger partial charge in [-0.05, 0) is 31.2 Å². The van der Waals surface area contributed by atoms with Gasteiger partial charge in [0.05, 0.1) is 30.5 Å². The third-order valence-corrected chi connectivity index (χ3v) is 7.27. The zero-order valence-electron chi connectivity index (χ0n) is 17.4. The Labute approximate surface area is 173 Å². The molecule has 1 aliphatic heterocycles. The van der Waals surface area contributed by atoms with Crippen LogP contribution in [-0.2, 0) is 24.3 Å². The van der Waals surface area contributed by atoms with Gasteiger partial charge in [0.2, 0.25) is 10.0 Å². The van der Waals surface area contributed by atoms with Crippen molar-refractivity contribution in [3.8, 4) is 0 Å². The summed E-state index contributed by atoms with van der Waals surface area (Å²) >= 11 is 0. The third kappa shape index (κ3) is 6.25. The van der Waals surface area contributed by atoms with Crippen molar-refractivity contribution < 1.29 is 27.6 Å². The maximum atomic E-state index is 12.5. The average molecular weight is 427 g/mol. The van der Waals surface area contributed by atoms with E-state index in [9.17, 15) is 18.0 Å². The molecule has 9 heteroatoms. The minimum Gasteiger partial charge on any atom is -0.466 e. The van der Waals surface area contributed by atoms with E-state index in [1.54, 1.807) is 32.9 Å². The molecular formula is C20H32N3O5S+. The fraction of sp³-hybridized carbons (Fsp3) is 0.600. The Hall–Kier alpha value is -1.97. The second kappa shape index (κ2) is 10.7. The molecule has 2 N–H and O–H groups in total. The summed E-state index contributed by atoms with van der Waals surface area (Å²) in [4.78, 5) is 25.5. The molecule has 1 aromatic carbocycles. The molecule has 1 amide bonds. The monoisotopic (exact) mass is 426 g/mol. The van der Waals surface area contributed by atoms with Crippen molar-refractivity contribution in [2.45, 2.75) is 38.5 Å². The summed E-state index contributed by atoms with van der Waals surface area (Å²) in [5.41, 5.74) is 0.564. The number of ether oxygens (including phenoxy) is 1. The average Bonchev–Trinajstić information content (AvgIpc) is 2.70. The minimum atomic E-state index is -3.51. The first kappa shape index (κ1) is 23.3. The number of likely N-dealkylation sites (tertiary alicyclic amines) is 1. The summed E-state index contributed by atoms with van der Waals surface area (Å²) in [6.07, 6.45) is 1.44. The van der Waals surface area contributed by atoms with E-state index in [1.165, 1.54) is 16.4 Å². The molecule has 1 fully saturated rings. The van der Waals surface area contributed by atoms with Gasteiger partial charge in [-0.3, -0.25) is 9.59 Å². The van der Waals surface area contributed by atoms with Crippen LogP contribution in [0.15, 0.2) is 29.2 Å². The van der Waals surface area contributed by atoms with Crippen molar-refractivity contribution in [3.05, 3.63) is 24.3 Å². The number of hydrogen-bond donors (Lipinski definition) is 2. The molecule has 0 bridgehead atoms. The normalized spacial score (nSPS) is 19.7. The first-order valence-electron chi connectivity index (χ1n) is 10.2. The Morgan fingerprint density at radius 3 is 2.21 bits per heavy atom. The van der Waals surface area contributed by atoms with Crippen LogP contribution in [0.4, 0.5) is 5.69 Å². The highest BCUT2D eigenvalue weighted by molar-refractivity contribution is 7.89. The Balaban J connectivity index is 1.86. The van der Waals surface area contributed by atoms with Gasteiger partial charge in [0.25, 0.3) is 5.91 Å². The number of benzene rings is 1. The summed E-state index contributed by atoms with van der Waals surface area (Å²) in [5, 5.41) is 2.82. The third-order valence-electron chi connectivity index (χ3n) is 5.20. The molecule has 0 spiro atoms. The van der Waals surface area contributed by atoms with Crippen LogP contribution in [0.5, 0.6) is 0 Å². The van der Waals surface area contributed by atoms with Crippen molar-refractivity contribution in [1.29, 1.82) is 0 Å². The molecule has 0 radical (unpaired) electrons. The van der Waals surface area contributed by atoms with Crippen molar-refractivity contribution in [1.82, 2.24) is 4.31 Å². The van der Waals surface area contributed by atoms with Gasteiger partial charge < -0.3 is 15.0 Å². The molecule has 2 rings (SSSR count). The van der Waals surface area contributed by atoms with Crippen molar-refractivity contribution in [3.63, 3.8) is 0 Å². The van der Waals surface area contributed by atoms with E-state index in [0.717, 1.165) is 30.8 Å². The molecule has 8 nitrogen and oxygen atoms in total. The van der Waals surface area contributed by atoms with Crippen LogP contribution in [0.3, 0.4) is 0 Å². The second-order valence-corrected chi connectivity index (χ2v) is 9.05. The molecule has 0 atom stereocenters. The summed E-state index contributed by atoms with van der Waals surface area (Å²) in [6.45, 7) is 8.42. The molecule has 29 heavy (non-hydrogen) atoms. The van der Waals surface area contributed by atoms with E-state index >= 15 is 0 Å². The molecule has 1 heterocycles. The van der Waals surface area contributed by atoms with E-state index in [0.29, 0.717) is 31.9 Å². The number of nitrogens with zero attached hydrogens (tertiary/aromatic N) is 1. The number of piperidine rings is 1. The lowest BCUT2D eigenvalue weighted by Gasteiger charge is -2.27. The Morgan fingerprint density at radius 2 is 1.69 bits per heavy atom. The Bertz CT molecular complexity index is 783. The number of rotatable bonds is 9. The van der Waals surface area contributed by atoms with Gasteiger partial charge in [0.15, 0.2) is 6.54 Å². The fourth-order valence-corrected chi connectivity index (χ4v) is 5.01. The van der Waals surface area contributed by atoms with Gasteiger partial charge in [0, 0.05) is 31.6 Å². The molecule has 0 aromatic heterocycles. The van der Waals surface area contributed by atoms with E-state index in [-0.39, 0.29) is 22.7 Å². The summed E-state index contributed by atoms with van der Waals surface area (Å²) < 4.78 is 31.5. The van der Waals surface area contributed by atoms with Crippen LogP contribution >= 0.6 is 0 Å². The maximum Gasteiger partial charge on any atom is 0.309 e. The standard InChI is InChI=1S/C20H31N3O5S/c1-4-23(5-2)29(26,27)18-9-7-17(8-10-18)21-19(24)15-22-13-11-16(12-14-22)20(25)28-6-3/h7-10,16H,4-6,11-15H2,1-3H3,(H,21,24)/p+1. The van der Waals surface area contributed by atoms with Crippen molar-refractivity contribution in [2.24, 2.45) is 5.92 Å². The Kier molecular flexibility index (Phi) is 8.60. The number of carbonyl (C=O) groups excluding carboxylic acids is 2. The molecular weight excluding hydrogens is 394 g/mol. The second-order valence-electron chi connectivity index (χ2n) is 7.11. The lowest BCUT2D eigenvalue weighted by Crippen LogP contribution is -3.14. The number of anilines is 1. The first-order valence-corrected chi connectivity index (χ1v) is 11.7. The smallest absolute Gasteiger partial charge is 0.309 e. The Morgan fingerprint density at radius 1 is 1.10 bits per heavy atom.